The van der Waals surface area contributed by atoms with Gasteiger partial charge >= 0.3 is 0 Å². The van der Waals surface area contributed by atoms with Crippen molar-refractivity contribution in [1.82, 2.24) is 0 Å². The second kappa shape index (κ2) is 16.2. The van der Waals surface area contributed by atoms with Gasteiger partial charge in [0.15, 0.2) is 0 Å². The molecule has 0 aromatic heterocycles. The zero-order valence-corrected chi connectivity index (χ0v) is 17.7. The molecule has 0 aliphatic rings. The minimum atomic E-state index is -0.364. The van der Waals surface area contributed by atoms with Gasteiger partial charge in [0.2, 0.25) is 5.91 Å². The molecule has 146 valence electrons. The van der Waals surface area contributed by atoms with Gasteiger partial charge in [0.05, 0.1) is 0 Å². The van der Waals surface area contributed by atoms with Crippen molar-refractivity contribution in [3.05, 3.63) is 0 Å². The lowest BCUT2D eigenvalue weighted by atomic mass is 9.77. The first-order valence-corrected chi connectivity index (χ1v) is 10.2. The predicted octanol–water partition coefficient (Wildman–Crippen LogP) is 7.04. The number of hydrogen-bond donors (Lipinski definition) is 1. The van der Waals surface area contributed by atoms with Crippen molar-refractivity contribution in [2.24, 2.45) is 17.1 Å². The maximum absolute atomic E-state index is 11.4. The van der Waals surface area contributed by atoms with Crippen molar-refractivity contribution in [3.8, 4) is 0 Å². The van der Waals surface area contributed by atoms with Gasteiger partial charge in [-0.15, -0.1) is 12.4 Å². The summed E-state index contributed by atoms with van der Waals surface area (Å²) in [5.41, 5.74) is 5.11. The van der Waals surface area contributed by atoms with Gasteiger partial charge in [-0.2, -0.15) is 0 Å². The SMILES string of the molecule is CCCCCCCCCCCCCCCC(C)C(C)(C)C(N)=O.Cl. The third kappa shape index (κ3) is 13.1. The van der Waals surface area contributed by atoms with Crippen molar-refractivity contribution in [2.75, 3.05) is 0 Å². The van der Waals surface area contributed by atoms with Crippen LogP contribution >= 0.6 is 12.4 Å². The van der Waals surface area contributed by atoms with Crippen molar-refractivity contribution in [3.63, 3.8) is 0 Å². The van der Waals surface area contributed by atoms with E-state index in [0.29, 0.717) is 5.92 Å². The number of amides is 1. The minimum absolute atomic E-state index is 0. The minimum Gasteiger partial charge on any atom is -0.369 e. The van der Waals surface area contributed by atoms with Crippen LogP contribution in [0.4, 0.5) is 0 Å². The lowest BCUT2D eigenvalue weighted by Gasteiger charge is -2.28. The molecule has 0 heterocycles. The number of carbonyl (C=O) groups is 1. The van der Waals surface area contributed by atoms with Gasteiger partial charge in [-0.25, -0.2) is 0 Å². The maximum Gasteiger partial charge on any atom is 0.223 e. The van der Waals surface area contributed by atoms with E-state index in [1.54, 1.807) is 0 Å². The zero-order chi connectivity index (χ0) is 17.6. The van der Waals surface area contributed by atoms with E-state index < -0.39 is 0 Å². The first-order valence-electron chi connectivity index (χ1n) is 10.2. The molecule has 0 aromatic carbocycles. The summed E-state index contributed by atoms with van der Waals surface area (Å²) in [4.78, 5) is 11.4. The third-order valence-electron chi connectivity index (χ3n) is 5.61. The fourth-order valence-corrected chi connectivity index (χ4v) is 3.07. The topological polar surface area (TPSA) is 43.1 Å². The number of carbonyl (C=O) groups excluding carboxylic acids is 1. The predicted molar refractivity (Wildman–Crippen MR) is 110 cm³/mol. The Morgan fingerprint density at radius 1 is 0.792 bits per heavy atom. The van der Waals surface area contributed by atoms with Gasteiger partial charge < -0.3 is 5.73 Å². The van der Waals surface area contributed by atoms with Crippen LogP contribution in [0.15, 0.2) is 0 Å². The van der Waals surface area contributed by atoms with Crippen LogP contribution in [0.5, 0.6) is 0 Å². The third-order valence-corrected chi connectivity index (χ3v) is 5.61. The summed E-state index contributed by atoms with van der Waals surface area (Å²) >= 11 is 0. The average Bonchev–Trinajstić information content (AvgIpc) is 2.51. The monoisotopic (exact) mass is 361 g/mol. The van der Waals surface area contributed by atoms with Crippen molar-refractivity contribution < 1.29 is 4.79 Å². The number of primary amides is 1. The molecule has 24 heavy (non-hydrogen) atoms. The highest BCUT2D eigenvalue weighted by Gasteiger charge is 2.31. The summed E-state index contributed by atoms with van der Waals surface area (Å²) < 4.78 is 0. The number of unbranched alkanes of at least 4 members (excludes halogenated alkanes) is 12. The Balaban J connectivity index is 0. The van der Waals surface area contributed by atoms with Gasteiger partial charge in [-0.05, 0) is 12.3 Å². The molecule has 0 rings (SSSR count). The molecule has 1 atom stereocenters. The van der Waals surface area contributed by atoms with E-state index >= 15 is 0 Å². The first kappa shape index (κ1) is 26.0. The normalized spacial score (nSPS) is 12.7. The van der Waals surface area contributed by atoms with Crippen LogP contribution < -0.4 is 5.73 Å². The van der Waals surface area contributed by atoms with Crippen molar-refractivity contribution in [2.45, 2.75) is 118 Å². The molecular weight excluding hydrogens is 318 g/mol. The Morgan fingerprint density at radius 2 is 1.12 bits per heavy atom. The fraction of sp³-hybridized carbons (Fsp3) is 0.952. The van der Waals surface area contributed by atoms with Gasteiger partial charge in [-0.3, -0.25) is 4.79 Å². The molecule has 2 nitrogen and oxygen atoms in total. The summed E-state index contributed by atoms with van der Waals surface area (Å²) in [6, 6.07) is 0. The molecule has 3 heteroatoms. The molecule has 0 spiro atoms. The van der Waals surface area contributed by atoms with Gasteiger partial charge in [0, 0.05) is 5.41 Å². The summed E-state index contributed by atoms with van der Waals surface area (Å²) in [5.74, 6) is 0.215. The van der Waals surface area contributed by atoms with E-state index in [4.69, 9.17) is 5.73 Å². The molecule has 0 aliphatic carbocycles. The van der Waals surface area contributed by atoms with Crippen LogP contribution in [-0.2, 0) is 4.79 Å². The molecule has 0 aromatic rings. The molecule has 0 saturated carbocycles. The van der Waals surface area contributed by atoms with Gasteiger partial charge in [0.25, 0.3) is 0 Å². The van der Waals surface area contributed by atoms with Crippen LogP contribution in [0.25, 0.3) is 0 Å². The van der Waals surface area contributed by atoms with E-state index in [1.165, 1.54) is 83.5 Å². The van der Waals surface area contributed by atoms with Gasteiger partial charge in [-0.1, -0.05) is 111 Å². The number of nitrogens with two attached hydrogens (primary N) is 1. The second-order valence-corrected chi connectivity index (χ2v) is 8.02. The van der Waals surface area contributed by atoms with Crippen molar-refractivity contribution >= 4 is 18.3 Å². The molecular formula is C21H44ClNO. The molecule has 2 N–H and O–H groups in total. The largest absolute Gasteiger partial charge is 0.369 e. The molecule has 0 saturated heterocycles. The van der Waals surface area contributed by atoms with Crippen LogP contribution in [0.3, 0.4) is 0 Å². The van der Waals surface area contributed by atoms with E-state index in [1.807, 2.05) is 13.8 Å². The highest BCUT2D eigenvalue weighted by molar-refractivity contribution is 5.85. The molecule has 0 bridgehead atoms. The highest BCUT2D eigenvalue weighted by Crippen LogP contribution is 2.30. The summed E-state index contributed by atoms with van der Waals surface area (Å²) in [5, 5.41) is 0. The zero-order valence-electron chi connectivity index (χ0n) is 16.9. The molecule has 1 amide bonds. The van der Waals surface area contributed by atoms with E-state index in [9.17, 15) is 4.79 Å². The van der Waals surface area contributed by atoms with Crippen molar-refractivity contribution in [1.29, 1.82) is 0 Å². The van der Waals surface area contributed by atoms with Crippen LogP contribution in [0.2, 0.25) is 0 Å². The summed E-state index contributed by atoms with van der Waals surface area (Å²) in [6.45, 7) is 8.38. The average molecular weight is 362 g/mol. The lowest BCUT2D eigenvalue weighted by molar-refractivity contribution is -0.128. The molecule has 1 unspecified atom stereocenters. The van der Waals surface area contributed by atoms with Crippen LogP contribution in [0.1, 0.15) is 118 Å². The van der Waals surface area contributed by atoms with E-state index in [-0.39, 0.29) is 23.7 Å². The number of hydrogen-bond acceptors (Lipinski definition) is 1. The summed E-state index contributed by atoms with van der Waals surface area (Å²) in [6.07, 6.45) is 19.1. The standard InChI is InChI=1S/C21H43NO.ClH/c1-5-6-7-8-9-10-11-12-13-14-15-16-17-18-19(2)21(3,4)20(22)23;/h19H,5-18H2,1-4H3,(H2,22,23);1H. The fourth-order valence-electron chi connectivity index (χ4n) is 3.07. The Bertz CT molecular complexity index is 292. The van der Waals surface area contributed by atoms with Crippen LogP contribution in [0, 0.1) is 11.3 Å². The number of halogens is 1. The Kier molecular flexibility index (Phi) is 17.6. The van der Waals surface area contributed by atoms with Gasteiger partial charge in [0.1, 0.15) is 0 Å². The quantitative estimate of drug-likeness (QED) is 0.294. The molecule has 0 aliphatic heterocycles. The lowest BCUT2D eigenvalue weighted by Crippen LogP contribution is -2.37. The van der Waals surface area contributed by atoms with E-state index in [2.05, 4.69) is 13.8 Å². The molecule has 0 fully saturated rings. The Morgan fingerprint density at radius 3 is 1.46 bits per heavy atom. The smallest absolute Gasteiger partial charge is 0.223 e. The maximum atomic E-state index is 11.4. The highest BCUT2D eigenvalue weighted by atomic mass is 35.5. The van der Waals surface area contributed by atoms with Crippen LogP contribution in [-0.4, -0.2) is 5.91 Å². The summed E-state index contributed by atoms with van der Waals surface area (Å²) in [7, 11) is 0. The molecule has 0 radical (unpaired) electrons. The number of rotatable bonds is 16. The second-order valence-electron chi connectivity index (χ2n) is 8.02. The first-order chi connectivity index (χ1) is 10.9. The Labute approximate surface area is 158 Å². The van der Waals surface area contributed by atoms with E-state index in [0.717, 1.165) is 6.42 Å². The Hall–Kier alpha value is -0.240.